The quantitative estimate of drug-likeness (QED) is 0.270. The maximum absolute atomic E-state index is 13.9. The van der Waals surface area contributed by atoms with E-state index in [4.69, 9.17) is 11.6 Å². The predicted octanol–water partition coefficient (Wildman–Crippen LogP) is 4.93. The van der Waals surface area contributed by atoms with Crippen LogP contribution in [0.15, 0.2) is 97.3 Å². The minimum atomic E-state index is -1.08. The maximum atomic E-state index is 13.9. The van der Waals surface area contributed by atoms with Crippen LogP contribution in [0.25, 0.3) is 11.4 Å². The van der Waals surface area contributed by atoms with E-state index in [-0.39, 0.29) is 18.9 Å². The number of nitrogens with one attached hydrogen (secondary N) is 1. The average Bonchev–Trinajstić information content (AvgIpc) is 3.45. The summed E-state index contributed by atoms with van der Waals surface area (Å²) in [5, 5.41) is 15.9. The highest BCUT2D eigenvalue weighted by Crippen LogP contribution is 2.29. The Bertz CT molecular complexity index is 1630. The summed E-state index contributed by atoms with van der Waals surface area (Å²) >= 11 is 6.13. The van der Waals surface area contributed by atoms with Crippen molar-refractivity contribution in [3.8, 4) is 11.4 Å². The van der Waals surface area contributed by atoms with Gasteiger partial charge in [-0.15, -0.1) is 10.2 Å². The molecule has 0 fully saturated rings. The van der Waals surface area contributed by atoms with Crippen molar-refractivity contribution in [2.45, 2.75) is 26.1 Å². The van der Waals surface area contributed by atoms with E-state index >= 15 is 0 Å². The Kier molecular flexibility index (Phi) is 8.40. The van der Waals surface area contributed by atoms with Crippen LogP contribution < -0.4 is 10.2 Å². The van der Waals surface area contributed by atoms with Crippen molar-refractivity contribution in [1.29, 1.82) is 0 Å². The van der Waals surface area contributed by atoms with Crippen molar-refractivity contribution < 1.29 is 14.0 Å². The van der Waals surface area contributed by atoms with Crippen molar-refractivity contribution in [2.24, 2.45) is 0 Å². The number of nitrogens with zero attached hydrogens (tertiary/aromatic N) is 6. The van der Waals surface area contributed by atoms with Crippen LogP contribution in [0, 0.1) is 12.7 Å². The molecular formula is C30H25ClFN7O2. The zero-order valence-corrected chi connectivity index (χ0v) is 22.7. The molecule has 0 saturated heterocycles. The van der Waals surface area contributed by atoms with Gasteiger partial charge in [-0.3, -0.25) is 19.5 Å². The molecule has 2 aromatic heterocycles. The minimum Gasteiger partial charge on any atom is -0.350 e. The lowest BCUT2D eigenvalue weighted by atomic mass is 10.0. The van der Waals surface area contributed by atoms with E-state index in [1.54, 1.807) is 60.9 Å². The number of halogens is 2. The minimum absolute atomic E-state index is 0.133. The van der Waals surface area contributed by atoms with Crippen molar-refractivity contribution >= 4 is 29.1 Å². The maximum Gasteiger partial charge on any atom is 0.251 e. The Hall–Kier alpha value is -4.96. The number of rotatable bonds is 9. The molecule has 2 heterocycles. The highest BCUT2D eigenvalue weighted by Gasteiger charge is 2.33. The summed E-state index contributed by atoms with van der Waals surface area (Å²) in [6.45, 7) is 1.83. The smallest absolute Gasteiger partial charge is 0.251 e. The van der Waals surface area contributed by atoms with Gasteiger partial charge in [-0.2, -0.15) is 4.80 Å². The number of carbonyl (C=O) groups is 2. The first-order valence-corrected chi connectivity index (χ1v) is 13.1. The summed E-state index contributed by atoms with van der Waals surface area (Å²) < 4.78 is 13.4. The van der Waals surface area contributed by atoms with Gasteiger partial charge in [-0.05, 0) is 71.8 Å². The lowest BCUT2D eigenvalue weighted by Gasteiger charge is -2.31. The summed E-state index contributed by atoms with van der Waals surface area (Å²) in [6, 6.07) is 22.3. The summed E-state index contributed by atoms with van der Waals surface area (Å²) in [6.07, 6.45) is 3.10. The molecular weight excluding hydrogens is 545 g/mol. The Morgan fingerprint density at radius 3 is 2.32 bits per heavy atom. The number of aromatic nitrogens is 5. The Balaban J connectivity index is 1.47. The van der Waals surface area contributed by atoms with Gasteiger partial charge in [0.15, 0.2) is 0 Å². The number of carbonyl (C=O) groups excluding carboxylic acids is 2. The summed E-state index contributed by atoms with van der Waals surface area (Å²) in [7, 11) is 0. The summed E-state index contributed by atoms with van der Waals surface area (Å²) in [5.74, 6) is -0.908. The van der Waals surface area contributed by atoms with Gasteiger partial charge in [-0.25, -0.2) is 4.39 Å². The van der Waals surface area contributed by atoms with Gasteiger partial charge in [0.05, 0.1) is 0 Å². The molecule has 9 nitrogen and oxygen atoms in total. The lowest BCUT2D eigenvalue weighted by Crippen LogP contribution is -2.45. The highest BCUT2D eigenvalue weighted by molar-refractivity contribution is 6.30. The Labute approximate surface area is 240 Å². The van der Waals surface area contributed by atoms with Crippen LogP contribution >= 0.6 is 11.6 Å². The molecule has 11 heteroatoms. The van der Waals surface area contributed by atoms with Crippen LogP contribution in [0.1, 0.15) is 22.7 Å². The van der Waals surface area contributed by atoms with Crippen LogP contribution in [-0.2, 0) is 22.7 Å². The van der Waals surface area contributed by atoms with Gasteiger partial charge in [-0.1, -0.05) is 53.6 Å². The fraction of sp³-hybridized carbons (Fsp3) is 0.133. The number of benzene rings is 3. The molecule has 0 aliphatic carbocycles. The van der Waals surface area contributed by atoms with E-state index in [0.29, 0.717) is 27.7 Å². The molecule has 5 aromatic rings. The van der Waals surface area contributed by atoms with Gasteiger partial charge in [0.25, 0.3) is 5.91 Å². The second-order valence-corrected chi connectivity index (χ2v) is 9.71. The van der Waals surface area contributed by atoms with Gasteiger partial charge >= 0.3 is 0 Å². The average molecular weight is 570 g/mol. The lowest BCUT2D eigenvalue weighted by molar-refractivity contribution is -0.127. The molecule has 1 atom stereocenters. The molecule has 0 radical (unpaired) electrons. The largest absolute Gasteiger partial charge is 0.350 e. The molecule has 206 valence electrons. The number of hydrogen-bond acceptors (Lipinski definition) is 6. The zero-order chi connectivity index (χ0) is 28.8. The number of pyridine rings is 1. The SMILES string of the molecule is Cc1ccc(-c2nnn(CC(=O)N(c3ccc(Cl)cc3)C(C(=O)NCc3ccc(F)cc3)c3ccncc3)n2)cc1. The molecule has 0 saturated carbocycles. The Morgan fingerprint density at radius 2 is 1.63 bits per heavy atom. The van der Waals surface area contributed by atoms with Crippen LogP contribution in [0.2, 0.25) is 5.02 Å². The third-order valence-electron chi connectivity index (χ3n) is 6.32. The third-order valence-corrected chi connectivity index (χ3v) is 6.57. The van der Waals surface area contributed by atoms with E-state index in [1.807, 2.05) is 31.2 Å². The number of amides is 2. The molecule has 1 unspecified atom stereocenters. The van der Waals surface area contributed by atoms with E-state index < -0.39 is 17.9 Å². The van der Waals surface area contributed by atoms with Crippen molar-refractivity contribution in [3.63, 3.8) is 0 Å². The Morgan fingerprint density at radius 1 is 0.951 bits per heavy atom. The number of hydrogen-bond donors (Lipinski definition) is 1. The topological polar surface area (TPSA) is 106 Å². The van der Waals surface area contributed by atoms with Crippen LogP contribution in [0.4, 0.5) is 10.1 Å². The molecule has 2 amide bonds. The molecule has 41 heavy (non-hydrogen) atoms. The fourth-order valence-electron chi connectivity index (χ4n) is 4.22. The molecule has 0 bridgehead atoms. The summed E-state index contributed by atoms with van der Waals surface area (Å²) in [5.41, 5.74) is 3.53. The predicted molar refractivity (Wildman–Crippen MR) is 152 cm³/mol. The second kappa shape index (κ2) is 12.5. The van der Waals surface area contributed by atoms with E-state index in [2.05, 4.69) is 25.7 Å². The third kappa shape index (κ3) is 6.79. The van der Waals surface area contributed by atoms with E-state index in [0.717, 1.165) is 11.1 Å². The number of aryl methyl sites for hydroxylation is 1. The zero-order valence-electron chi connectivity index (χ0n) is 22.0. The summed E-state index contributed by atoms with van der Waals surface area (Å²) in [4.78, 5) is 34.3. The van der Waals surface area contributed by atoms with Crippen molar-refractivity contribution in [3.05, 3.63) is 125 Å². The standard InChI is InChI=1S/C30H25ClFN7O2/c1-20-2-6-23(7-3-20)29-35-37-38(36-29)19-27(40)39(26-12-8-24(31)9-13-26)28(22-14-16-33-17-15-22)30(41)34-18-21-4-10-25(32)11-5-21/h2-17,28H,18-19H2,1H3,(H,34,41). The van der Waals surface area contributed by atoms with Crippen LogP contribution in [0.3, 0.4) is 0 Å². The molecule has 3 aromatic carbocycles. The second-order valence-electron chi connectivity index (χ2n) is 9.28. The first-order chi connectivity index (χ1) is 19.9. The van der Waals surface area contributed by atoms with Crippen LogP contribution in [-0.4, -0.2) is 37.0 Å². The van der Waals surface area contributed by atoms with Crippen molar-refractivity contribution in [2.75, 3.05) is 4.90 Å². The fourth-order valence-corrected chi connectivity index (χ4v) is 4.34. The van der Waals surface area contributed by atoms with E-state index in [9.17, 15) is 14.0 Å². The van der Waals surface area contributed by atoms with Gasteiger partial charge < -0.3 is 5.32 Å². The normalized spacial score (nSPS) is 11.6. The first-order valence-electron chi connectivity index (χ1n) is 12.7. The van der Waals surface area contributed by atoms with Gasteiger partial charge in [0.1, 0.15) is 18.4 Å². The van der Waals surface area contributed by atoms with Crippen LogP contribution in [0.5, 0.6) is 0 Å². The van der Waals surface area contributed by atoms with Gasteiger partial charge in [0.2, 0.25) is 11.7 Å². The first kappa shape index (κ1) is 27.6. The molecule has 0 aliphatic heterocycles. The van der Waals surface area contributed by atoms with Gasteiger partial charge in [0, 0.05) is 35.2 Å². The number of tetrazole rings is 1. The monoisotopic (exact) mass is 569 g/mol. The molecule has 1 N–H and O–H groups in total. The van der Waals surface area contributed by atoms with Crippen molar-refractivity contribution in [1.82, 2.24) is 30.5 Å². The highest BCUT2D eigenvalue weighted by atomic mass is 35.5. The molecule has 0 spiro atoms. The number of anilines is 1. The molecule has 0 aliphatic rings. The molecule has 5 rings (SSSR count). The van der Waals surface area contributed by atoms with E-state index in [1.165, 1.54) is 21.8 Å².